The molecule has 0 aliphatic heterocycles. The molecule has 0 atom stereocenters. The van der Waals surface area contributed by atoms with Crippen LogP contribution in [0.15, 0.2) is 28.9 Å². The number of carboxylic acids is 1. The first-order valence-electron chi connectivity index (χ1n) is 4.99. The molecule has 92 valence electrons. The van der Waals surface area contributed by atoms with Crippen molar-refractivity contribution in [2.75, 3.05) is 5.32 Å². The molecule has 0 saturated heterocycles. The number of hydrogen-bond acceptors (Lipinski definition) is 6. The average Bonchev–Trinajstić information content (AvgIpc) is 2.74. The lowest BCUT2D eigenvalue weighted by molar-refractivity contribution is -0.255. The molecular weight excluding hydrogens is 238 g/mol. The number of aryl methyl sites for hydroxylation is 1. The molecule has 0 fully saturated rings. The Kier molecular flexibility index (Phi) is 3.05. The van der Waals surface area contributed by atoms with Gasteiger partial charge in [-0.3, -0.25) is 9.78 Å². The molecule has 0 aromatic carbocycles. The Morgan fingerprint density at radius 1 is 1.44 bits per heavy atom. The van der Waals surface area contributed by atoms with Crippen molar-refractivity contribution < 1.29 is 19.2 Å². The van der Waals surface area contributed by atoms with E-state index in [-0.39, 0.29) is 11.4 Å². The van der Waals surface area contributed by atoms with Crippen LogP contribution >= 0.6 is 0 Å². The van der Waals surface area contributed by atoms with Crippen molar-refractivity contribution in [3.8, 4) is 0 Å². The molecule has 7 nitrogen and oxygen atoms in total. The Bertz CT molecular complexity index is 606. The summed E-state index contributed by atoms with van der Waals surface area (Å²) in [6.07, 6.45) is 1.27. The van der Waals surface area contributed by atoms with Crippen LogP contribution in [0, 0.1) is 6.92 Å². The lowest BCUT2D eigenvalue weighted by atomic mass is 10.2. The summed E-state index contributed by atoms with van der Waals surface area (Å²) < 4.78 is 4.77. The summed E-state index contributed by atoms with van der Waals surface area (Å²) in [6, 6.07) is 4.29. The van der Waals surface area contributed by atoms with Crippen LogP contribution in [0.5, 0.6) is 0 Å². The van der Waals surface area contributed by atoms with Gasteiger partial charge in [0.15, 0.2) is 5.82 Å². The maximum absolute atomic E-state index is 11.8. The highest BCUT2D eigenvalue weighted by atomic mass is 16.5. The van der Waals surface area contributed by atoms with E-state index in [9.17, 15) is 14.7 Å². The number of carboxylic acid groups (broad SMARTS) is 1. The minimum atomic E-state index is -1.52. The molecule has 7 heteroatoms. The normalized spacial score (nSPS) is 10.1. The van der Waals surface area contributed by atoms with Gasteiger partial charge in [0.05, 0.1) is 17.2 Å². The van der Waals surface area contributed by atoms with Gasteiger partial charge in [-0.1, -0.05) is 5.16 Å². The Morgan fingerprint density at radius 2 is 2.22 bits per heavy atom. The van der Waals surface area contributed by atoms with Crippen molar-refractivity contribution >= 4 is 17.7 Å². The minimum Gasteiger partial charge on any atom is -0.543 e. The zero-order valence-electron chi connectivity index (χ0n) is 9.34. The standard InChI is InChI=1S/C11H9N3O4/c1-6-5-8(14-18-6)13-10(15)7-3-2-4-12-9(7)11(16)17/h2-5H,1H3,(H,16,17)(H,13,14,15)/p-1. The third-order valence-corrected chi connectivity index (χ3v) is 2.12. The van der Waals surface area contributed by atoms with Crippen LogP contribution in [0.2, 0.25) is 0 Å². The monoisotopic (exact) mass is 246 g/mol. The largest absolute Gasteiger partial charge is 0.543 e. The first-order valence-corrected chi connectivity index (χ1v) is 4.99. The number of aromatic nitrogens is 2. The lowest BCUT2D eigenvalue weighted by Gasteiger charge is -2.07. The van der Waals surface area contributed by atoms with Crippen LogP contribution in [0.25, 0.3) is 0 Å². The SMILES string of the molecule is Cc1cc(NC(=O)c2cccnc2C(=O)[O-])no1. The molecular formula is C11H8N3O4-. The second-order valence-electron chi connectivity index (χ2n) is 3.46. The molecule has 0 aliphatic carbocycles. The average molecular weight is 246 g/mol. The summed E-state index contributed by atoms with van der Waals surface area (Å²) in [6.45, 7) is 1.67. The van der Waals surface area contributed by atoms with Gasteiger partial charge in [-0.15, -0.1) is 0 Å². The van der Waals surface area contributed by atoms with E-state index in [4.69, 9.17) is 4.52 Å². The second kappa shape index (κ2) is 4.66. The number of hydrogen-bond donors (Lipinski definition) is 1. The quantitative estimate of drug-likeness (QED) is 0.816. The molecule has 2 rings (SSSR count). The number of pyridine rings is 1. The van der Waals surface area contributed by atoms with Crippen LogP contribution in [0.3, 0.4) is 0 Å². The van der Waals surface area contributed by atoms with Gasteiger partial charge in [-0.05, 0) is 19.1 Å². The number of amides is 1. The smallest absolute Gasteiger partial charge is 0.259 e. The van der Waals surface area contributed by atoms with E-state index in [2.05, 4.69) is 15.5 Å². The molecule has 0 saturated carbocycles. The summed E-state index contributed by atoms with van der Waals surface area (Å²) in [5, 5.41) is 16.8. The van der Waals surface area contributed by atoms with Gasteiger partial charge in [0.1, 0.15) is 5.76 Å². The van der Waals surface area contributed by atoms with Crippen molar-refractivity contribution in [3.63, 3.8) is 0 Å². The summed E-state index contributed by atoms with van der Waals surface area (Å²) in [5.41, 5.74) is -0.520. The zero-order chi connectivity index (χ0) is 13.1. The first kappa shape index (κ1) is 11.8. The van der Waals surface area contributed by atoms with Gasteiger partial charge in [0.2, 0.25) is 0 Å². The maximum Gasteiger partial charge on any atom is 0.259 e. The van der Waals surface area contributed by atoms with Crippen LogP contribution in [-0.4, -0.2) is 22.0 Å². The predicted octanol–water partition coefficient (Wildman–Crippen LogP) is -0.00618. The lowest BCUT2D eigenvalue weighted by Crippen LogP contribution is -2.27. The number of aromatic carboxylic acids is 1. The molecule has 0 radical (unpaired) electrons. The van der Waals surface area contributed by atoms with Crippen LogP contribution in [0.1, 0.15) is 26.6 Å². The molecule has 1 amide bonds. The molecule has 18 heavy (non-hydrogen) atoms. The highest BCUT2D eigenvalue weighted by molar-refractivity contribution is 6.09. The molecule has 1 N–H and O–H groups in total. The minimum absolute atomic E-state index is 0.0989. The number of nitrogens with one attached hydrogen (secondary N) is 1. The first-order chi connectivity index (χ1) is 8.58. The van der Waals surface area contributed by atoms with E-state index in [1.54, 1.807) is 6.92 Å². The number of carbonyl (C=O) groups excluding carboxylic acids is 2. The molecule has 0 aliphatic rings. The topological polar surface area (TPSA) is 108 Å². The van der Waals surface area contributed by atoms with Gasteiger partial charge in [0.25, 0.3) is 5.91 Å². The third-order valence-electron chi connectivity index (χ3n) is 2.12. The Hall–Kier alpha value is -2.70. The Morgan fingerprint density at radius 3 is 2.83 bits per heavy atom. The second-order valence-corrected chi connectivity index (χ2v) is 3.46. The number of nitrogens with zero attached hydrogens (tertiary/aromatic N) is 2. The highest BCUT2D eigenvalue weighted by Gasteiger charge is 2.14. The van der Waals surface area contributed by atoms with E-state index in [0.717, 1.165) is 0 Å². The van der Waals surface area contributed by atoms with Crippen molar-refractivity contribution in [2.24, 2.45) is 0 Å². The number of rotatable bonds is 3. The third kappa shape index (κ3) is 2.34. The Balaban J connectivity index is 2.26. The summed E-state index contributed by atoms with van der Waals surface area (Å²) in [4.78, 5) is 26.2. The highest BCUT2D eigenvalue weighted by Crippen LogP contribution is 2.11. The number of carbonyl (C=O) groups is 2. The van der Waals surface area contributed by atoms with Crippen molar-refractivity contribution in [3.05, 3.63) is 41.4 Å². The molecule has 0 bridgehead atoms. The van der Waals surface area contributed by atoms with E-state index >= 15 is 0 Å². The fourth-order valence-electron chi connectivity index (χ4n) is 1.36. The van der Waals surface area contributed by atoms with Crippen LogP contribution in [0.4, 0.5) is 5.82 Å². The fraction of sp³-hybridized carbons (Fsp3) is 0.0909. The number of anilines is 1. The molecule has 0 unspecified atom stereocenters. The van der Waals surface area contributed by atoms with Gasteiger partial charge in [-0.2, -0.15) is 0 Å². The van der Waals surface area contributed by atoms with E-state index < -0.39 is 17.6 Å². The molecule has 2 aromatic rings. The summed E-state index contributed by atoms with van der Waals surface area (Å²) in [7, 11) is 0. The summed E-state index contributed by atoms with van der Waals surface area (Å²) >= 11 is 0. The van der Waals surface area contributed by atoms with Crippen LogP contribution in [-0.2, 0) is 0 Å². The predicted molar refractivity (Wildman–Crippen MR) is 57.8 cm³/mol. The molecule has 2 heterocycles. The van der Waals surface area contributed by atoms with Gasteiger partial charge in [0, 0.05) is 12.3 Å². The fourth-order valence-corrected chi connectivity index (χ4v) is 1.36. The van der Waals surface area contributed by atoms with E-state index in [1.807, 2.05) is 0 Å². The van der Waals surface area contributed by atoms with Crippen molar-refractivity contribution in [2.45, 2.75) is 6.92 Å². The van der Waals surface area contributed by atoms with E-state index in [1.165, 1.54) is 24.4 Å². The van der Waals surface area contributed by atoms with E-state index in [0.29, 0.717) is 5.76 Å². The Labute approximate surface area is 101 Å². The van der Waals surface area contributed by atoms with Gasteiger partial charge >= 0.3 is 0 Å². The molecule has 2 aromatic heterocycles. The molecule has 0 spiro atoms. The summed E-state index contributed by atoms with van der Waals surface area (Å²) in [5.74, 6) is -1.44. The van der Waals surface area contributed by atoms with Crippen molar-refractivity contribution in [1.29, 1.82) is 0 Å². The van der Waals surface area contributed by atoms with Crippen LogP contribution < -0.4 is 10.4 Å². The van der Waals surface area contributed by atoms with Gasteiger partial charge in [-0.25, -0.2) is 0 Å². The van der Waals surface area contributed by atoms with Crippen molar-refractivity contribution in [1.82, 2.24) is 10.1 Å². The van der Waals surface area contributed by atoms with Gasteiger partial charge < -0.3 is 19.7 Å². The maximum atomic E-state index is 11.8. The zero-order valence-corrected chi connectivity index (χ0v) is 9.34.